The van der Waals surface area contributed by atoms with E-state index in [4.69, 9.17) is 5.73 Å². The van der Waals surface area contributed by atoms with Crippen molar-refractivity contribution in [2.75, 3.05) is 18.1 Å². The first-order chi connectivity index (χ1) is 7.09. The first kappa shape index (κ1) is 13.3. The van der Waals surface area contributed by atoms with Gasteiger partial charge in [-0.25, -0.2) is 13.1 Å². The molecule has 2 atom stereocenters. The molecule has 3 N–H and O–H groups in total. The molecule has 1 saturated carbocycles. The predicted molar refractivity (Wildman–Crippen MR) is 65.5 cm³/mol. The molecule has 0 saturated heterocycles. The quantitative estimate of drug-likeness (QED) is 0.723. The Labute approximate surface area is 96.4 Å². The molecule has 0 aromatic rings. The highest BCUT2D eigenvalue weighted by Crippen LogP contribution is 2.30. The van der Waals surface area contributed by atoms with Gasteiger partial charge in [-0.2, -0.15) is 11.8 Å². The van der Waals surface area contributed by atoms with E-state index in [1.807, 2.05) is 11.8 Å². The topological polar surface area (TPSA) is 72.2 Å². The third kappa shape index (κ3) is 4.30. The van der Waals surface area contributed by atoms with Crippen LogP contribution in [0.4, 0.5) is 0 Å². The molecule has 0 aliphatic heterocycles. The molecular weight excluding hydrogens is 232 g/mol. The van der Waals surface area contributed by atoms with Gasteiger partial charge < -0.3 is 5.73 Å². The summed E-state index contributed by atoms with van der Waals surface area (Å²) in [6.07, 6.45) is 3.20. The molecule has 1 aliphatic rings. The predicted octanol–water partition coefficient (Wildman–Crippen LogP) is 0.539. The number of sulfonamides is 1. The van der Waals surface area contributed by atoms with Crippen LogP contribution in [-0.2, 0) is 10.0 Å². The van der Waals surface area contributed by atoms with Gasteiger partial charge in [0.05, 0.1) is 5.75 Å². The van der Waals surface area contributed by atoms with E-state index in [0.29, 0.717) is 5.25 Å². The van der Waals surface area contributed by atoms with Crippen LogP contribution in [0.25, 0.3) is 0 Å². The molecular formula is C9H20N2O2S2. The fourth-order valence-corrected chi connectivity index (χ4v) is 4.37. The smallest absolute Gasteiger partial charge is 0.213 e. The Morgan fingerprint density at radius 2 is 2.20 bits per heavy atom. The highest BCUT2D eigenvalue weighted by Gasteiger charge is 2.30. The van der Waals surface area contributed by atoms with Gasteiger partial charge in [-0.05, 0) is 18.6 Å². The third-order valence-corrected chi connectivity index (χ3v) is 5.31. The highest BCUT2D eigenvalue weighted by molar-refractivity contribution is 8.00. The van der Waals surface area contributed by atoms with E-state index in [9.17, 15) is 8.42 Å². The number of nitrogens with two attached hydrogens (primary N) is 1. The minimum atomic E-state index is -3.15. The summed E-state index contributed by atoms with van der Waals surface area (Å²) in [6, 6.07) is 0.117. The Hall–Kier alpha value is 0.220. The highest BCUT2D eigenvalue weighted by atomic mass is 32.2. The van der Waals surface area contributed by atoms with Gasteiger partial charge in [0.1, 0.15) is 0 Å². The largest absolute Gasteiger partial charge is 0.329 e. The van der Waals surface area contributed by atoms with Crippen molar-refractivity contribution in [1.82, 2.24) is 4.72 Å². The van der Waals surface area contributed by atoms with Gasteiger partial charge in [-0.15, -0.1) is 0 Å². The number of thioether (sulfide) groups is 1. The summed E-state index contributed by atoms with van der Waals surface area (Å²) in [6.45, 7) is 2.29. The normalized spacial score (nSPS) is 27.1. The van der Waals surface area contributed by atoms with E-state index < -0.39 is 10.0 Å². The van der Waals surface area contributed by atoms with Crippen LogP contribution in [0.15, 0.2) is 0 Å². The zero-order valence-corrected chi connectivity index (χ0v) is 10.7. The van der Waals surface area contributed by atoms with Crippen molar-refractivity contribution in [3.63, 3.8) is 0 Å². The van der Waals surface area contributed by atoms with Crippen molar-refractivity contribution in [2.24, 2.45) is 5.73 Å². The molecule has 0 radical (unpaired) electrons. The van der Waals surface area contributed by atoms with Crippen LogP contribution >= 0.6 is 11.8 Å². The molecule has 0 bridgehead atoms. The molecule has 1 aliphatic carbocycles. The number of hydrogen-bond acceptors (Lipinski definition) is 4. The lowest BCUT2D eigenvalue weighted by Crippen LogP contribution is -2.41. The fraction of sp³-hybridized carbons (Fsp3) is 1.00. The van der Waals surface area contributed by atoms with Crippen molar-refractivity contribution in [1.29, 1.82) is 0 Å². The molecule has 1 fully saturated rings. The number of hydrogen-bond donors (Lipinski definition) is 2. The fourth-order valence-electron chi connectivity index (χ4n) is 1.92. The van der Waals surface area contributed by atoms with Crippen LogP contribution in [0.5, 0.6) is 0 Å². The monoisotopic (exact) mass is 252 g/mol. The summed E-state index contributed by atoms with van der Waals surface area (Å²) >= 11 is 1.85. The molecule has 0 heterocycles. The van der Waals surface area contributed by atoms with Crippen molar-refractivity contribution in [2.45, 2.75) is 37.5 Å². The average Bonchev–Trinajstić information content (AvgIpc) is 2.52. The maximum atomic E-state index is 11.5. The van der Waals surface area contributed by atoms with Crippen molar-refractivity contribution in [3.8, 4) is 0 Å². The van der Waals surface area contributed by atoms with E-state index in [1.165, 1.54) is 0 Å². The van der Waals surface area contributed by atoms with Crippen LogP contribution in [-0.4, -0.2) is 37.8 Å². The van der Waals surface area contributed by atoms with E-state index in [-0.39, 0.29) is 18.3 Å². The van der Waals surface area contributed by atoms with Crippen molar-refractivity contribution < 1.29 is 8.42 Å². The molecule has 6 heteroatoms. The second-order valence-corrected chi connectivity index (χ2v) is 7.15. The first-order valence-corrected chi connectivity index (χ1v) is 8.11. The molecule has 15 heavy (non-hydrogen) atoms. The molecule has 4 nitrogen and oxygen atoms in total. The van der Waals surface area contributed by atoms with Gasteiger partial charge in [0, 0.05) is 17.8 Å². The summed E-state index contributed by atoms with van der Waals surface area (Å²) in [5.41, 5.74) is 5.26. The Kier molecular flexibility index (Phi) is 5.38. The summed E-state index contributed by atoms with van der Waals surface area (Å²) < 4.78 is 25.8. The zero-order chi connectivity index (χ0) is 11.3. The summed E-state index contributed by atoms with van der Waals surface area (Å²) in [5.74, 6) is 1.08. The van der Waals surface area contributed by atoms with E-state index in [1.54, 1.807) is 0 Å². The molecule has 0 aromatic carbocycles. The standard InChI is InChI=1S/C9H20N2O2S2/c1-2-14-9-5-3-4-8(9)11-15(12,13)7-6-10/h8-9,11H,2-7,10H2,1H3. The lowest BCUT2D eigenvalue weighted by molar-refractivity contribution is 0.555. The van der Waals surface area contributed by atoms with Gasteiger partial charge in [0.2, 0.25) is 10.0 Å². The third-order valence-electron chi connectivity index (χ3n) is 2.55. The minimum Gasteiger partial charge on any atom is -0.329 e. The maximum Gasteiger partial charge on any atom is 0.213 e. The van der Waals surface area contributed by atoms with E-state index in [2.05, 4.69) is 11.6 Å². The second kappa shape index (κ2) is 6.08. The molecule has 0 amide bonds. The van der Waals surface area contributed by atoms with E-state index in [0.717, 1.165) is 25.0 Å². The van der Waals surface area contributed by atoms with Crippen LogP contribution in [0, 0.1) is 0 Å². The molecule has 0 aromatic heterocycles. The number of rotatable bonds is 6. The molecule has 90 valence electrons. The van der Waals surface area contributed by atoms with Gasteiger partial charge >= 0.3 is 0 Å². The lowest BCUT2D eigenvalue weighted by atomic mass is 10.3. The van der Waals surface area contributed by atoms with Crippen molar-refractivity contribution in [3.05, 3.63) is 0 Å². The molecule has 2 unspecified atom stereocenters. The average molecular weight is 252 g/mol. The maximum absolute atomic E-state index is 11.5. The Bertz CT molecular complexity index is 280. The van der Waals surface area contributed by atoms with Gasteiger partial charge in [-0.3, -0.25) is 0 Å². The summed E-state index contributed by atoms with van der Waals surface area (Å²) in [4.78, 5) is 0. The zero-order valence-electron chi connectivity index (χ0n) is 9.11. The van der Waals surface area contributed by atoms with Gasteiger partial charge in [0.15, 0.2) is 0 Å². The van der Waals surface area contributed by atoms with Gasteiger partial charge in [0.25, 0.3) is 0 Å². The van der Waals surface area contributed by atoms with E-state index >= 15 is 0 Å². The Morgan fingerprint density at radius 1 is 1.47 bits per heavy atom. The molecule has 0 spiro atoms. The second-order valence-electron chi connectivity index (χ2n) is 3.76. The Balaban J connectivity index is 2.49. The lowest BCUT2D eigenvalue weighted by Gasteiger charge is -2.19. The number of nitrogens with one attached hydrogen (secondary N) is 1. The Morgan fingerprint density at radius 3 is 2.80 bits per heavy atom. The summed E-state index contributed by atoms with van der Waals surface area (Å²) in [7, 11) is -3.15. The van der Waals surface area contributed by atoms with Crippen LogP contribution in [0.2, 0.25) is 0 Å². The SMILES string of the molecule is CCSC1CCCC1NS(=O)(=O)CCN. The van der Waals surface area contributed by atoms with Crippen molar-refractivity contribution >= 4 is 21.8 Å². The first-order valence-electron chi connectivity index (χ1n) is 5.40. The minimum absolute atomic E-state index is 0.0347. The van der Waals surface area contributed by atoms with Crippen LogP contribution < -0.4 is 10.5 Å². The van der Waals surface area contributed by atoms with Crippen LogP contribution in [0.3, 0.4) is 0 Å². The van der Waals surface area contributed by atoms with Gasteiger partial charge in [-0.1, -0.05) is 13.3 Å². The molecule has 1 rings (SSSR count). The summed E-state index contributed by atoms with van der Waals surface area (Å²) in [5, 5.41) is 0.447. The van der Waals surface area contributed by atoms with Crippen LogP contribution in [0.1, 0.15) is 26.2 Å².